The predicted octanol–water partition coefficient (Wildman–Crippen LogP) is 3.42. The average molecular weight is 291 g/mol. The van der Waals surface area contributed by atoms with E-state index in [1.165, 1.54) is 16.9 Å². The maximum atomic E-state index is 10.7. The Kier molecular flexibility index (Phi) is 5.12. The zero-order chi connectivity index (χ0) is 14.4. The molecule has 5 heteroatoms. The Hall–Kier alpha value is -1.88. The van der Waals surface area contributed by atoms with Crippen molar-refractivity contribution in [2.75, 3.05) is 6.61 Å². The molecule has 4 nitrogen and oxygen atoms in total. The molecule has 1 heterocycles. The molecule has 106 valence electrons. The Bertz CT molecular complexity index is 580. The number of nitrogens with zero attached hydrogens (tertiary/aromatic N) is 1. The summed E-state index contributed by atoms with van der Waals surface area (Å²) >= 11 is 1.38. The number of carboxylic acids is 1. The van der Waals surface area contributed by atoms with Gasteiger partial charge in [-0.05, 0) is 24.5 Å². The minimum absolute atomic E-state index is 0.127. The van der Waals surface area contributed by atoms with Gasteiger partial charge in [0.05, 0.1) is 11.6 Å². The number of hydrogen-bond acceptors (Lipinski definition) is 4. The first-order valence-electron chi connectivity index (χ1n) is 6.59. The van der Waals surface area contributed by atoms with E-state index in [0.29, 0.717) is 6.61 Å². The fourth-order valence-corrected chi connectivity index (χ4v) is 2.68. The fraction of sp³-hybridized carbons (Fsp3) is 0.333. The van der Waals surface area contributed by atoms with Crippen molar-refractivity contribution in [1.82, 2.24) is 4.98 Å². The van der Waals surface area contributed by atoms with Gasteiger partial charge >= 0.3 is 5.97 Å². The molecule has 0 atom stereocenters. The summed E-state index contributed by atoms with van der Waals surface area (Å²) in [6.45, 7) is 2.71. The summed E-state index contributed by atoms with van der Waals surface area (Å²) in [6.07, 6.45) is 2.52. The molecule has 2 rings (SSSR count). The zero-order valence-corrected chi connectivity index (χ0v) is 12.2. The highest BCUT2D eigenvalue weighted by atomic mass is 32.1. The molecule has 0 bridgehead atoms. The second-order valence-corrected chi connectivity index (χ2v) is 5.29. The van der Waals surface area contributed by atoms with Crippen molar-refractivity contribution in [2.45, 2.75) is 26.2 Å². The third kappa shape index (κ3) is 3.81. The number of benzene rings is 1. The van der Waals surface area contributed by atoms with Crippen LogP contribution in [0.5, 0.6) is 5.75 Å². The molecule has 1 aromatic carbocycles. The van der Waals surface area contributed by atoms with Crippen LogP contribution in [0.1, 0.15) is 34.4 Å². The lowest BCUT2D eigenvalue weighted by molar-refractivity contribution is 0.0691. The Labute approximate surface area is 122 Å². The monoisotopic (exact) mass is 291 g/mol. The van der Waals surface area contributed by atoms with Crippen molar-refractivity contribution in [3.8, 4) is 5.75 Å². The first kappa shape index (κ1) is 14.5. The van der Waals surface area contributed by atoms with E-state index in [-0.39, 0.29) is 5.69 Å². The minimum atomic E-state index is -0.972. The number of hydrogen-bond donors (Lipinski definition) is 1. The lowest BCUT2D eigenvalue weighted by Crippen LogP contribution is -2.02. The molecule has 0 aliphatic rings. The van der Waals surface area contributed by atoms with Crippen LogP contribution >= 0.6 is 11.3 Å². The molecule has 0 saturated heterocycles. The van der Waals surface area contributed by atoms with E-state index in [1.807, 2.05) is 18.2 Å². The van der Waals surface area contributed by atoms with Crippen molar-refractivity contribution >= 4 is 17.3 Å². The lowest BCUT2D eigenvalue weighted by atomic mass is 10.1. The molecule has 0 saturated carbocycles. The van der Waals surface area contributed by atoms with Crippen LogP contribution in [0.3, 0.4) is 0 Å². The van der Waals surface area contributed by atoms with Gasteiger partial charge in [-0.1, -0.05) is 25.1 Å². The highest BCUT2D eigenvalue weighted by Gasteiger charge is 2.08. The molecule has 0 amide bonds. The third-order valence-corrected chi connectivity index (χ3v) is 3.83. The van der Waals surface area contributed by atoms with Gasteiger partial charge in [0.1, 0.15) is 5.75 Å². The van der Waals surface area contributed by atoms with Crippen molar-refractivity contribution in [1.29, 1.82) is 0 Å². The van der Waals surface area contributed by atoms with Gasteiger partial charge in [-0.25, -0.2) is 9.78 Å². The number of para-hydroxylation sites is 1. The second-order valence-electron chi connectivity index (χ2n) is 4.34. The Balaban J connectivity index is 1.80. The number of aromatic nitrogens is 1. The molecule has 0 aliphatic carbocycles. The largest absolute Gasteiger partial charge is 0.493 e. The summed E-state index contributed by atoms with van der Waals surface area (Å²) in [5, 5.41) is 11.2. The highest BCUT2D eigenvalue weighted by molar-refractivity contribution is 7.09. The molecule has 20 heavy (non-hydrogen) atoms. The maximum absolute atomic E-state index is 10.7. The summed E-state index contributed by atoms with van der Waals surface area (Å²) in [5.41, 5.74) is 1.33. The van der Waals surface area contributed by atoms with Gasteiger partial charge in [-0.15, -0.1) is 11.3 Å². The molecular weight excluding hydrogens is 274 g/mol. The summed E-state index contributed by atoms with van der Waals surface area (Å²) in [6, 6.07) is 8.02. The van der Waals surface area contributed by atoms with Crippen LogP contribution < -0.4 is 4.74 Å². The van der Waals surface area contributed by atoms with Gasteiger partial charge in [0.2, 0.25) is 0 Å². The van der Waals surface area contributed by atoms with Crippen LogP contribution in [0, 0.1) is 0 Å². The Morgan fingerprint density at radius 3 is 2.90 bits per heavy atom. The Morgan fingerprint density at radius 2 is 2.20 bits per heavy atom. The lowest BCUT2D eigenvalue weighted by Gasteiger charge is -2.09. The van der Waals surface area contributed by atoms with E-state index >= 15 is 0 Å². The molecule has 2 aromatic rings. The van der Waals surface area contributed by atoms with Gasteiger partial charge in [0.25, 0.3) is 0 Å². The van der Waals surface area contributed by atoms with Crippen LogP contribution in [0.15, 0.2) is 29.6 Å². The molecule has 1 aromatic heterocycles. The van der Waals surface area contributed by atoms with E-state index in [0.717, 1.165) is 30.0 Å². The first-order chi connectivity index (χ1) is 9.70. The standard InChI is InChI=1S/C15H17NO3S/c1-2-11-6-3-4-7-13(11)19-9-5-8-14-16-12(10-20-14)15(17)18/h3-4,6-7,10H,2,5,8-9H2,1H3,(H,17,18). The number of aromatic carboxylic acids is 1. The number of thiazole rings is 1. The summed E-state index contributed by atoms with van der Waals surface area (Å²) in [7, 11) is 0. The number of ether oxygens (including phenoxy) is 1. The van der Waals surface area contributed by atoms with Crippen LogP contribution in [-0.2, 0) is 12.8 Å². The average Bonchev–Trinajstić information content (AvgIpc) is 2.93. The number of aryl methyl sites for hydroxylation is 2. The van der Waals surface area contributed by atoms with Gasteiger partial charge in [-0.3, -0.25) is 0 Å². The van der Waals surface area contributed by atoms with Gasteiger partial charge in [0.15, 0.2) is 5.69 Å². The fourth-order valence-electron chi connectivity index (χ4n) is 1.87. The van der Waals surface area contributed by atoms with E-state index in [4.69, 9.17) is 9.84 Å². The SMILES string of the molecule is CCc1ccccc1OCCCc1nc(C(=O)O)cs1. The Morgan fingerprint density at radius 1 is 1.40 bits per heavy atom. The van der Waals surface area contributed by atoms with Crippen LogP contribution in [0.4, 0.5) is 0 Å². The molecular formula is C15H17NO3S. The van der Waals surface area contributed by atoms with E-state index in [9.17, 15) is 4.79 Å². The van der Waals surface area contributed by atoms with Crippen molar-refractivity contribution in [3.05, 3.63) is 45.9 Å². The van der Waals surface area contributed by atoms with Gasteiger partial charge in [-0.2, -0.15) is 0 Å². The number of carbonyl (C=O) groups is 1. The van der Waals surface area contributed by atoms with Crippen molar-refractivity contribution in [2.24, 2.45) is 0 Å². The van der Waals surface area contributed by atoms with E-state index in [2.05, 4.69) is 18.0 Å². The van der Waals surface area contributed by atoms with Crippen LogP contribution in [0.2, 0.25) is 0 Å². The molecule has 0 spiro atoms. The van der Waals surface area contributed by atoms with E-state index < -0.39 is 5.97 Å². The summed E-state index contributed by atoms with van der Waals surface area (Å²) < 4.78 is 5.76. The predicted molar refractivity (Wildman–Crippen MR) is 78.7 cm³/mol. The summed E-state index contributed by atoms with van der Waals surface area (Å²) in [5.74, 6) is -0.0408. The topological polar surface area (TPSA) is 59.4 Å². The minimum Gasteiger partial charge on any atom is -0.493 e. The summed E-state index contributed by atoms with van der Waals surface area (Å²) in [4.78, 5) is 14.8. The van der Waals surface area contributed by atoms with Crippen molar-refractivity contribution < 1.29 is 14.6 Å². The van der Waals surface area contributed by atoms with Crippen LogP contribution in [0.25, 0.3) is 0 Å². The molecule has 0 fully saturated rings. The zero-order valence-electron chi connectivity index (χ0n) is 11.3. The third-order valence-electron chi connectivity index (χ3n) is 2.92. The second kappa shape index (κ2) is 7.05. The highest BCUT2D eigenvalue weighted by Crippen LogP contribution is 2.19. The number of carboxylic acid groups (broad SMARTS) is 1. The molecule has 0 unspecified atom stereocenters. The quantitative estimate of drug-likeness (QED) is 0.794. The van der Waals surface area contributed by atoms with Crippen molar-refractivity contribution in [3.63, 3.8) is 0 Å². The smallest absolute Gasteiger partial charge is 0.355 e. The molecule has 1 N–H and O–H groups in total. The molecule has 0 aliphatic heterocycles. The molecule has 0 radical (unpaired) electrons. The maximum Gasteiger partial charge on any atom is 0.355 e. The van der Waals surface area contributed by atoms with Gasteiger partial charge < -0.3 is 9.84 Å². The first-order valence-corrected chi connectivity index (χ1v) is 7.47. The number of rotatable bonds is 7. The van der Waals surface area contributed by atoms with E-state index in [1.54, 1.807) is 5.38 Å². The van der Waals surface area contributed by atoms with Crippen LogP contribution in [-0.4, -0.2) is 22.7 Å². The normalized spacial score (nSPS) is 10.4. The van der Waals surface area contributed by atoms with Gasteiger partial charge in [0, 0.05) is 11.8 Å².